The van der Waals surface area contributed by atoms with Crippen LogP contribution >= 0.6 is 0 Å². The smallest absolute Gasteiger partial charge is 0.486 e. The lowest BCUT2D eigenvalue weighted by Gasteiger charge is -2.31. The molecule has 1 aliphatic carbocycles. The van der Waals surface area contributed by atoms with E-state index >= 15 is 0 Å². The highest BCUT2D eigenvalue weighted by molar-refractivity contribution is 5.73. The second-order valence-corrected chi connectivity index (χ2v) is 9.70. The number of rotatable bonds is 6. The number of carbonyl (C=O) groups is 3. The van der Waals surface area contributed by atoms with Crippen LogP contribution in [0, 0.1) is 5.92 Å². The maximum atomic E-state index is 10.6. The van der Waals surface area contributed by atoms with Crippen LogP contribution < -0.4 is 4.74 Å². The molecule has 1 fully saturated rings. The average Bonchev–Trinajstić information content (AvgIpc) is 3.67. The summed E-state index contributed by atoms with van der Waals surface area (Å²) in [6.07, 6.45) is -7.92. The Morgan fingerprint density at radius 2 is 1.42 bits per heavy atom. The van der Waals surface area contributed by atoms with Crippen molar-refractivity contribution in [3.05, 3.63) is 41.5 Å². The fourth-order valence-corrected chi connectivity index (χ4v) is 3.42. The second-order valence-electron chi connectivity index (χ2n) is 9.70. The van der Waals surface area contributed by atoms with E-state index in [2.05, 4.69) is 28.4 Å². The normalized spacial score (nSPS) is 14.8. The van der Waals surface area contributed by atoms with Crippen molar-refractivity contribution >= 4 is 17.9 Å². The number of nitrogens with zero attached hydrogens (tertiary/aromatic N) is 4. The van der Waals surface area contributed by atoms with Crippen LogP contribution in [0.15, 0.2) is 24.5 Å². The highest BCUT2D eigenvalue weighted by Crippen LogP contribution is 2.33. The van der Waals surface area contributed by atoms with Crippen LogP contribution in [0.3, 0.4) is 0 Å². The minimum absolute atomic E-state index is 0.525. The molecule has 0 bridgehead atoms. The Labute approximate surface area is 249 Å². The minimum Gasteiger partial charge on any atom is -0.486 e. The molecule has 1 aliphatic heterocycles. The molecular formula is C25H29F9N4O7. The lowest BCUT2D eigenvalue weighted by molar-refractivity contribution is -0.193. The Kier molecular flexibility index (Phi) is 14.1. The fraction of sp³-hybridized carbons (Fsp3) is 0.560. The lowest BCUT2D eigenvalue weighted by atomic mass is 10.0. The van der Waals surface area contributed by atoms with Gasteiger partial charge in [0.1, 0.15) is 18.1 Å². The number of alkyl halides is 9. The Morgan fingerprint density at radius 1 is 0.933 bits per heavy atom. The van der Waals surface area contributed by atoms with E-state index in [1.54, 1.807) is 12.4 Å². The minimum atomic E-state index is -5.08. The van der Waals surface area contributed by atoms with E-state index in [0.717, 1.165) is 43.4 Å². The van der Waals surface area contributed by atoms with Crippen molar-refractivity contribution in [1.82, 2.24) is 19.7 Å². The van der Waals surface area contributed by atoms with Gasteiger partial charge in [0, 0.05) is 49.6 Å². The summed E-state index contributed by atoms with van der Waals surface area (Å²) in [4.78, 5) is 33.3. The molecule has 254 valence electrons. The number of hydrogen-bond donors (Lipinski definition) is 3. The highest BCUT2D eigenvalue weighted by Gasteiger charge is 2.39. The number of carboxylic acids is 3. The van der Waals surface area contributed by atoms with E-state index in [1.807, 2.05) is 12.1 Å². The van der Waals surface area contributed by atoms with Crippen LogP contribution in [0.25, 0.3) is 0 Å². The molecule has 2 aromatic rings. The summed E-state index contributed by atoms with van der Waals surface area (Å²) in [6.45, 7) is 8.26. The van der Waals surface area contributed by atoms with Gasteiger partial charge in [0.15, 0.2) is 0 Å². The van der Waals surface area contributed by atoms with Crippen LogP contribution in [0.2, 0.25) is 0 Å². The first kappa shape index (κ1) is 38.9. The molecule has 0 spiro atoms. The monoisotopic (exact) mass is 668 g/mol. The Hall–Kier alpha value is -4.10. The number of hydrogen-bond acceptors (Lipinski definition) is 7. The molecule has 20 heteroatoms. The standard InChI is InChI=1S/C19H26N4O.3C2HF3O2/c1-14(2)22-9-7-19-17(12-22)18(21-23(19)11-15-5-6-15)13-24-16-4-3-8-20-10-16;3*3-2(4,5)1(6)7/h3-4,8,10,14-15H,5-7,9,11-13H2,1-2H3;3*(H,6,7). The fourth-order valence-electron chi connectivity index (χ4n) is 3.42. The molecule has 0 aromatic carbocycles. The van der Waals surface area contributed by atoms with E-state index in [1.165, 1.54) is 24.1 Å². The van der Waals surface area contributed by atoms with Gasteiger partial charge in [-0.15, -0.1) is 0 Å². The largest absolute Gasteiger partial charge is 0.490 e. The molecule has 0 amide bonds. The van der Waals surface area contributed by atoms with Crippen molar-refractivity contribution < 1.29 is 74.0 Å². The summed E-state index contributed by atoms with van der Waals surface area (Å²) in [5.41, 5.74) is 3.92. The van der Waals surface area contributed by atoms with Crippen molar-refractivity contribution in [3.8, 4) is 5.75 Å². The van der Waals surface area contributed by atoms with Crippen molar-refractivity contribution in [2.75, 3.05) is 6.54 Å². The molecule has 11 nitrogen and oxygen atoms in total. The second kappa shape index (κ2) is 16.3. The van der Waals surface area contributed by atoms with E-state index in [0.29, 0.717) is 12.6 Å². The van der Waals surface area contributed by atoms with Gasteiger partial charge in [-0.05, 0) is 44.7 Å². The number of fused-ring (bicyclic) bond motifs is 1. The molecule has 0 atom stereocenters. The Bertz CT molecular complexity index is 1200. The third-order valence-corrected chi connectivity index (χ3v) is 5.84. The summed E-state index contributed by atoms with van der Waals surface area (Å²) < 4.78 is 103. The van der Waals surface area contributed by atoms with Crippen LogP contribution in [0.1, 0.15) is 43.6 Å². The first-order valence-electron chi connectivity index (χ1n) is 12.8. The van der Waals surface area contributed by atoms with Gasteiger partial charge in [-0.2, -0.15) is 44.6 Å². The molecule has 0 saturated heterocycles. The van der Waals surface area contributed by atoms with E-state index < -0.39 is 36.4 Å². The summed E-state index contributed by atoms with van der Waals surface area (Å²) in [5, 5.41) is 26.3. The van der Waals surface area contributed by atoms with Crippen LogP contribution in [0.4, 0.5) is 39.5 Å². The van der Waals surface area contributed by atoms with Crippen LogP contribution in [-0.2, 0) is 40.5 Å². The number of pyridine rings is 1. The van der Waals surface area contributed by atoms with Gasteiger partial charge in [-0.3, -0.25) is 14.6 Å². The first-order chi connectivity index (χ1) is 20.5. The third kappa shape index (κ3) is 14.5. The molecule has 1 saturated carbocycles. The number of aromatic nitrogens is 3. The molecule has 3 N–H and O–H groups in total. The number of ether oxygens (including phenoxy) is 1. The van der Waals surface area contributed by atoms with Gasteiger partial charge >= 0.3 is 36.4 Å². The Balaban J connectivity index is 0.000000396. The van der Waals surface area contributed by atoms with Gasteiger partial charge in [-0.1, -0.05) is 0 Å². The predicted molar refractivity (Wildman–Crippen MR) is 134 cm³/mol. The van der Waals surface area contributed by atoms with Crippen molar-refractivity contribution in [2.24, 2.45) is 5.92 Å². The zero-order valence-electron chi connectivity index (χ0n) is 23.6. The van der Waals surface area contributed by atoms with Crippen LogP contribution in [-0.4, -0.2) is 84.0 Å². The lowest BCUT2D eigenvalue weighted by Crippen LogP contribution is -2.36. The number of aliphatic carboxylic acids is 3. The predicted octanol–water partition coefficient (Wildman–Crippen LogP) is 4.93. The van der Waals surface area contributed by atoms with Gasteiger partial charge in [0.2, 0.25) is 0 Å². The molecule has 2 aliphatic rings. The topological polar surface area (TPSA) is 155 Å². The number of halogens is 9. The molecule has 3 heterocycles. The third-order valence-electron chi connectivity index (χ3n) is 5.84. The zero-order chi connectivity index (χ0) is 34.8. The van der Waals surface area contributed by atoms with Gasteiger partial charge in [0.05, 0.1) is 6.20 Å². The average molecular weight is 669 g/mol. The summed E-state index contributed by atoms with van der Waals surface area (Å²) in [5.74, 6) is -6.63. The van der Waals surface area contributed by atoms with E-state index in [-0.39, 0.29) is 0 Å². The molecule has 4 rings (SSSR count). The van der Waals surface area contributed by atoms with Crippen molar-refractivity contribution in [3.63, 3.8) is 0 Å². The molecule has 45 heavy (non-hydrogen) atoms. The SMILES string of the molecule is CC(C)N1CCc2c(c(COc3cccnc3)nn2CC2CC2)C1.O=C(O)C(F)(F)F.O=C(O)C(F)(F)F.O=C(O)C(F)(F)F. The quantitative estimate of drug-likeness (QED) is 0.361. The molecule has 0 unspecified atom stereocenters. The van der Waals surface area contributed by atoms with Crippen LogP contribution in [0.5, 0.6) is 5.75 Å². The maximum absolute atomic E-state index is 10.6. The molecular weight excluding hydrogens is 639 g/mol. The summed E-state index contributed by atoms with van der Waals surface area (Å²) in [6, 6.07) is 4.41. The highest BCUT2D eigenvalue weighted by atomic mass is 19.4. The van der Waals surface area contributed by atoms with Gasteiger partial charge in [-0.25, -0.2) is 14.4 Å². The van der Waals surface area contributed by atoms with Crippen molar-refractivity contribution in [1.29, 1.82) is 0 Å². The van der Waals surface area contributed by atoms with Gasteiger partial charge in [0.25, 0.3) is 0 Å². The zero-order valence-corrected chi connectivity index (χ0v) is 23.6. The first-order valence-corrected chi connectivity index (χ1v) is 12.8. The molecule has 2 aromatic heterocycles. The summed E-state index contributed by atoms with van der Waals surface area (Å²) in [7, 11) is 0. The van der Waals surface area contributed by atoms with Gasteiger partial charge < -0.3 is 20.1 Å². The maximum Gasteiger partial charge on any atom is 0.490 e. The van der Waals surface area contributed by atoms with Crippen molar-refractivity contribution in [2.45, 2.75) is 77.4 Å². The van der Waals surface area contributed by atoms with E-state index in [9.17, 15) is 39.5 Å². The molecule has 0 radical (unpaired) electrons. The van der Waals surface area contributed by atoms with E-state index in [4.69, 9.17) is 39.5 Å². The Morgan fingerprint density at radius 3 is 1.80 bits per heavy atom. The summed E-state index contributed by atoms with van der Waals surface area (Å²) >= 11 is 0. The number of carboxylic acid groups (broad SMARTS) is 3.